The molecule has 92 valence electrons. The van der Waals surface area contributed by atoms with Gasteiger partial charge in [-0.05, 0) is 6.92 Å². The highest BCUT2D eigenvalue weighted by molar-refractivity contribution is 6.29. The molecular formula is C10H13ClN4O2. The van der Waals surface area contributed by atoms with Crippen LogP contribution in [0.1, 0.15) is 5.82 Å². The van der Waals surface area contributed by atoms with Gasteiger partial charge in [-0.3, -0.25) is 0 Å². The quantitative estimate of drug-likeness (QED) is 0.801. The molecule has 0 amide bonds. The van der Waals surface area contributed by atoms with Crippen LogP contribution in [0.5, 0.6) is 0 Å². The summed E-state index contributed by atoms with van der Waals surface area (Å²) in [7, 11) is 0. The van der Waals surface area contributed by atoms with Gasteiger partial charge >= 0.3 is 0 Å². The minimum atomic E-state index is 0.0231. The molecule has 0 saturated carbocycles. The molecule has 2 aromatic heterocycles. The normalized spacial score (nSPS) is 11.2. The fourth-order valence-electron chi connectivity index (χ4n) is 1.57. The summed E-state index contributed by atoms with van der Waals surface area (Å²) >= 11 is 5.80. The first-order chi connectivity index (χ1) is 8.22. The maximum absolute atomic E-state index is 8.60. The second-order valence-corrected chi connectivity index (χ2v) is 3.87. The first-order valence-corrected chi connectivity index (χ1v) is 5.64. The number of aromatic nitrogens is 4. The fourth-order valence-corrected chi connectivity index (χ4v) is 1.70. The molecule has 7 heteroatoms. The molecule has 2 aromatic rings. The van der Waals surface area contributed by atoms with Crippen LogP contribution >= 0.6 is 11.6 Å². The number of hydrogen-bond acceptors (Lipinski definition) is 5. The molecule has 0 radical (unpaired) electrons. The van der Waals surface area contributed by atoms with Crippen LogP contribution in [-0.2, 0) is 11.3 Å². The van der Waals surface area contributed by atoms with Crippen molar-refractivity contribution in [2.24, 2.45) is 0 Å². The minimum absolute atomic E-state index is 0.0231. The Balaban J connectivity index is 2.20. The first-order valence-electron chi connectivity index (χ1n) is 5.26. The van der Waals surface area contributed by atoms with Crippen molar-refractivity contribution < 1.29 is 9.84 Å². The molecule has 1 N–H and O–H groups in total. The Labute approximate surface area is 103 Å². The van der Waals surface area contributed by atoms with Gasteiger partial charge in [-0.25, -0.2) is 15.0 Å². The second-order valence-electron chi connectivity index (χ2n) is 3.49. The summed E-state index contributed by atoms with van der Waals surface area (Å²) in [6, 6.07) is 0. The standard InChI is InChI=1S/C10H13ClN4O2/c1-7-13-9-10(14-8(11)6-12-9)15(7)2-4-17-5-3-16/h6,16H,2-5H2,1H3. The lowest BCUT2D eigenvalue weighted by Crippen LogP contribution is -2.10. The number of halogens is 1. The van der Waals surface area contributed by atoms with E-state index in [1.165, 1.54) is 6.20 Å². The van der Waals surface area contributed by atoms with E-state index in [1.54, 1.807) is 0 Å². The van der Waals surface area contributed by atoms with Crippen molar-refractivity contribution in [2.45, 2.75) is 13.5 Å². The fraction of sp³-hybridized carbons (Fsp3) is 0.500. The zero-order valence-corrected chi connectivity index (χ0v) is 10.2. The highest BCUT2D eigenvalue weighted by Crippen LogP contribution is 2.13. The van der Waals surface area contributed by atoms with Gasteiger partial charge < -0.3 is 14.4 Å². The summed E-state index contributed by atoms with van der Waals surface area (Å²) in [6.45, 7) is 3.33. The van der Waals surface area contributed by atoms with Gasteiger partial charge in [0, 0.05) is 6.54 Å². The van der Waals surface area contributed by atoms with Crippen molar-refractivity contribution in [3.63, 3.8) is 0 Å². The van der Waals surface area contributed by atoms with Gasteiger partial charge in [0.25, 0.3) is 0 Å². The number of nitrogens with zero attached hydrogens (tertiary/aromatic N) is 4. The van der Waals surface area contributed by atoms with E-state index in [2.05, 4.69) is 15.0 Å². The summed E-state index contributed by atoms with van der Waals surface area (Å²) in [6.07, 6.45) is 1.48. The number of aryl methyl sites for hydroxylation is 1. The van der Waals surface area contributed by atoms with Gasteiger partial charge in [-0.15, -0.1) is 0 Å². The Bertz CT molecular complexity index is 514. The third-order valence-corrected chi connectivity index (χ3v) is 2.50. The first kappa shape index (κ1) is 12.2. The van der Waals surface area contributed by atoms with Crippen LogP contribution in [0, 0.1) is 6.92 Å². The molecule has 0 bridgehead atoms. The van der Waals surface area contributed by atoms with Crippen LogP contribution in [0.15, 0.2) is 6.20 Å². The molecule has 0 saturated heterocycles. The van der Waals surface area contributed by atoms with Crippen LogP contribution < -0.4 is 0 Å². The number of fused-ring (bicyclic) bond motifs is 1. The molecular weight excluding hydrogens is 244 g/mol. The predicted molar refractivity (Wildman–Crippen MR) is 63.0 cm³/mol. The van der Waals surface area contributed by atoms with Crippen molar-refractivity contribution >= 4 is 22.9 Å². The largest absolute Gasteiger partial charge is 0.394 e. The van der Waals surface area contributed by atoms with Gasteiger partial charge in [0.15, 0.2) is 11.3 Å². The van der Waals surface area contributed by atoms with Crippen LogP contribution in [0.2, 0.25) is 5.15 Å². The summed E-state index contributed by atoms with van der Waals surface area (Å²) in [4.78, 5) is 12.6. The number of aliphatic hydroxyl groups excluding tert-OH is 1. The summed E-state index contributed by atoms with van der Waals surface area (Å²) in [5.41, 5.74) is 1.23. The molecule has 2 rings (SSSR count). The van der Waals surface area contributed by atoms with Crippen molar-refractivity contribution in [1.29, 1.82) is 0 Å². The van der Waals surface area contributed by atoms with Crippen LogP contribution in [-0.4, -0.2) is 44.4 Å². The number of aliphatic hydroxyl groups is 1. The van der Waals surface area contributed by atoms with Gasteiger partial charge in [0.05, 0.1) is 26.0 Å². The molecule has 2 heterocycles. The highest BCUT2D eigenvalue weighted by atomic mass is 35.5. The van der Waals surface area contributed by atoms with Gasteiger partial charge in [-0.1, -0.05) is 11.6 Å². The number of hydrogen-bond donors (Lipinski definition) is 1. The third-order valence-electron chi connectivity index (χ3n) is 2.31. The molecule has 6 nitrogen and oxygen atoms in total. The Kier molecular flexibility index (Phi) is 3.88. The smallest absolute Gasteiger partial charge is 0.197 e. The Morgan fingerprint density at radius 1 is 1.41 bits per heavy atom. The molecule has 0 atom stereocenters. The lowest BCUT2D eigenvalue weighted by atomic mass is 10.5. The van der Waals surface area contributed by atoms with E-state index in [4.69, 9.17) is 21.4 Å². The minimum Gasteiger partial charge on any atom is -0.394 e. The van der Waals surface area contributed by atoms with Crippen molar-refractivity contribution in [2.75, 3.05) is 19.8 Å². The van der Waals surface area contributed by atoms with E-state index in [9.17, 15) is 0 Å². The van der Waals surface area contributed by atoms with E-state index in [-0.39, 0.29) is 6.61 Å². The van der Waals surface area contributed by atoms with E-state index >= 15 is 0 Å². The van der Waals surface area contributed by atoms with Crippen molar-refractivity contribution in [3.8, 4) is 0 Å². The summed E-state index contributed by atoms with van der Waals surface area (Å²) in [5, 5.41) is 8.94. The molecule has 0 fully saturated rings. The molecule has 0 aliphatic heterocycles. The average Bonchev–Trinajstić information content (AvgIpc) is 2.61. The maximum atomic E-state index is 8.60. The van der Waals surface area contributed by atoms with Gasteiger partial charge in [0.1, 0.15) is 11.0 Å². The summed E-state index contributed by atoms with van der Waals surface area (Å²) < 4.78 is 7.10. The van der Waals surface area contributed by atoms with Crippen LogP contribution in [0.4, 0.5) is 0 Å². The van der Waals surface area contributed by atoms with E-state index < -0.39 is 0 Å². The molecule has 0 aliphatic carbocycles. The number of ether oxygens (including phenoxy) is 1. The van der Waals surface area contributed by atoms with Gasteiger partial charge in [0.2, 0.25) is 0 Å². The summed E-state index contributed by atoms with van der Waals surface area (Å²) in [5.74, 6) is 0.815. The molecule has 17 heavy (non-hydrogen) atoms. The third kappa shape index (κ3) is 2.71. The topological polar surface area (TPSA) is 73.1 Å². The predicted octanol–water partition coefficient (Wildman–Crippen LogP) is 0.797. The van der Waals surface area contributed by atoms with E-state index in [1.807, 2.05) is 11.5 Å². The second kappa shape index (κ2) is 5.39. The monoisotopic (exact) mass is 256 g/mol. The molecule has 0 aromatic carbocycles. The molecule has 0 aliphatic rings. The average molecular weight is 257 g/mol. The lowest BCUT2D eigenvalue weighted by molar-refractivity contribution is 0.0871. The Morgan fingerprint density at radius 2 is 2.24 bits per heavy atom. The number of rotatable bonds is 5. The molecule has 0 spiro atoms. The number of imidazole rings is 1. The Hall–Kier alpha value is -1.24. The lowest BCUT2D eigenvalue weighted by Gasteiger charge is -2.06. The van der Waals surface area contributed by atoms with E-state index in [0.717, 1.165) is 5.82 Å². The zero-order valence-electron chi connectivity index (χ0n) is 9.43. The van der Waals surface area contributed by atoms with Gasteiger partial charge in [-0.2, -0.15) is 0 Å². The molecule has 0 unspecified atom stereocenters. The Morgan fingerprint density at radius 3 is 3.00 bits per heavy atom. The van der Waals surface area contributed by atoms with Crippen molar-refractivity contribution in [1.82, 2.24) is 19.5 Å². The van der Waals surface area contributed by atoms with Crippen molar-refractivity contribution in [3.05, 3.63) is 17.2 Å². The zero-order chi connectivity index (χ0) is 12.3. The highest BCUT2D eigenvalue weighted by Gasteiger charge is 2.10. The van der Waals surface area contributed by atoms with E-state index in [0.29, 0.717) is 36.2 Å². The van der Waals surface area contributed by atoms with Crippen LogP contribution in [0.25, 0.3) is 11.3 Å². The van der Waals surface area contributed by atoms with Crippen LogP contribution in [0.3, 0.4) is 0 Å². The maximum Gasteiger partial charge on any atom is 0.197 e. The SMILES string of the molecule is Cc1nc2ncc(Cl)nc2n1CCOCCO.